The van der Waals surface area contributed by atoms with E-state index in [1.807, 2.05) is 22.6 Å². The van der Waals surface area contributed by atoms with E-state index in [2.05, 4.69) is 34.7 Å². The van der Waals surface area contributed by atoms with Gasteiger partial charge in [-0.25, -0.2) is 17.6 Å². The number of benzene rings is 3. The Hall–Kier alpha value is -2.69. The summed E-state index contributed by atoms with van der Waals surface area (Å²) in [5.74, 6) is -2.61. The maximum atomic E-state index is 13.5. The Kier molecular flexibility index (Phi) is 7.87. The molecule has 1 amide bonds. The number of hydrogen-bond donors (Lipinski definition) is 3. The van der Waals surface area contributed by atoms with Gasteiger partial charge in [0.2, 0.25) is 0 Å². The first kappa shape index (κ1) is 26.4. The third kappa shape index (κ3) is 5.82. The van der Waals surface area contributed by atoms with Crippen LogP contribution in [0.15, 0.2) is 64.0 Å². The summed E-state index contributed by atoms with van der Waals surface area (Å²) in [5, 5.41) is 12.1. The summed E-state index contributed by atoms with van der Waals surface area (Å²) in [6.45, 7) is 0. The van der Waals surface area contributed by atoms with Crippen LogP contribution in [0.1, 0.15) is 15.9 Å². The molecule has 0 fully saturated rings. The Morgan fingerprint density at radius 2 is 1.92 bits per heavy atom. The van der Waals surface area contributed by atoms with Crippen molar-refractivity contribution in [1.82, 2.24) is 14.1 Å². The van der Waals surface area contributed by atoms with Crippen molar-refractivity contribution in [3.8, 4) is 0 Å². The molecule has 1 unspecified atom stereocenters. The molecule has 14 heteroatoms. The molecular weight excluding hydrogens is 690 g/mol. The van der Waals surface area contributed by atoms with Gasteiger partial charge in [-0.05, 0) is 86.5 Å². The lowest BCUT2D eigenvalue weighted by Crippen LogP contribution is -2.42. The molecule has 0 saturated carbocycles. The standard InChI is InChI=1S/C22H15BrFIN4O5S2/c23-14-8-11(4-7-15(14)24)9-18(22(31)32)26-21(30)13-6-5-12(25)10-17(13)29-36(33,34)19-3-1-2-16-20(19)28-35-27-16/h1-8,10,18,29H,9H2,(H,26,30)(H,31,32). The van der Waals surface area contributed by atoms with Crippen LogP contribution in [0.4, 0.5) is 10.1 Å². The number of rotatable bonds is 8. The summed E-state index contributed by atoms with van der Waals surface area (Å²) >= 11 is 5.89. The summed E-state index contributed by atoms with van der Waals surface area (Å²) in [4.78, 5) is 24.8. The van der Waals surface area contributed by atoms with Crippen LogP contribution in [0.25, 0.3) is 11.0 Å². The number of hydrogen-bond acceptors (Lipinski definition) is 7. The molecule has 0 aliphatic rings. The Bertz CT molecular complexity index is 1600. The molecule has 0 aliphatic heterocycles. The van der Waals surface area contributed by atoms with E-state index in [9.17, 15) is 27.5 Å². The van der Waals surface area contributed by atoms with Crippen LogP contribution in [0.2, 0.25) is 0 Å². The van der Waals surface area contributed by atoms with Gasteiger partial charge >= 0.3 is 5.97 Å². The molecule has 0 radical (unpaired) electrons. The van der Waals surface area contributed by atoms with E-state index < -0.39 is 33.8 Å². The predicted molar refractivity (Wildman–Crippen MR) is 144 cm³/mol. The average molecular weight is 705 g/mol. The van der Waals surface area contributed by atoms with Gasteiger partial charge in [-0.2, -0.15) is 8.75 Å². The van der Waals surface area contributed by atoms with E-state index in [0.29, 0.717) is 14.7 Å². The zero-order valence-electron chi connectivity index (χ0n) is 17.9. The largest absolute Gasteiger partial charge is 0.480 e. The lowest BCUT2D eigenvalue weighted by atomic mass is 10.0. The van der Waals surface area contributed by atoms with Crippen molar-refractivity contribution in [3.05, 3.63) is 79.6 Å². The van der Waals surface area contributed by atoms with E-state index in [1.165, 1.54) is 42.5 Å². The summed E-state index contributed by atoms with van der Waals surface area (Å²) < 4.78 is 51.2. The molecule has 4 aromatic rings. The monoisotopic (exact) mass is 704 g/mol. The smallest absolute Gasteiger partial charge is 0.326 e. The molecule has 36 heavy (non-hydrogen) atoms. The number of halogens is 3. The Balaban J connectivity index is 1.62. The van der Waals surface area contributed by atoms with Crippen LogP contribution >= 0.6 is 50.2 Å². The van der Waals surface area contributed by atoms with Crippen LogP contribution < -0.4 is 10.0 Å². The highest BCUT2D eigenvalue weighted by molar-refractivity contribution is 14.1. The fourth-order valence-electron chi connectivity index (χ4n) is 3.34. The van der Waals surface area contributed by atoms with Gasteiger partial charge in [-0.3, -0.25) is 9.52 Å². The SMILES string of the molecule is O=C(NC(Cc1ccc(F)c(Br)c1)C(=O)O)c1ccc(I)cc1NS(=O)(=O)c1cccc2nsnc12. The molecule has 1 aromatic heterocycles. The van der Waals surface area contributed by atoms with E-state index in [0.717, 1.165) is 11.7 Å². The second-order valence-electron chi connectivity index (χ2n) is 7.50. The number of nitrogens with zero attached hydrogens (tertiary/aromatic N) is 2. The number of nitrogens with one attached hydrogen (secondary N) is 2. The highest BCUT2D eigenvalue weighted by atomic mass is 127. The number of aromatic nitrogens is 2. The minimum absolute atomic E-state index is 0.0340. The second-order valence-corrected chi connectivity index (χ2v) is 11.8. The molecule has 0 aliphatic carbocycles. The maximum Gasteiger partial charge on any atom is 0.326 e. The van der Waals surface area contributed by atoms with Gasteiger partial charge in [-0.1, -0.05) is 12.1 Å². The Morgan fingerprint density at radius 3 is 2.64 bits per heavy atom. The quantitative estimate of drug-likeness (QED) is 0.231. The van der Waals surface area contributed by atoms with Gasteiger partial charge in [0.1, 0.15) is 27.8 Å². The van der Waals surface area contributed by atoms with E-state index in [1.54, 1.807) is 12.1 Å². The molecule has 0 bridgehead atoms. The lowest BCUT2D eigenvalue weighted by molar-refractivity contribution is -0.139. The van der Waals surface area contributed by atoms with Crippen LogP contribution in [-0.2, 0) is 21.2 Å². The van der Waals surface area contributed by atoms with Crippen molar-refractivity contribution >= 4 is 88.9 Å². The minimum Gasteiger partial charge on any atom is -0.480 e. The summed E-state index contributed by atoms with van der Waals surface area (Å²) in [5.41, 5.74) is 0.982. The first-order chi connectivity index (χ1) is 17.0. The number of amides is 1. The van der Waals surface area contributed by atoms with E-state index in [4.69, 9.17) is 0 Å². The molecule has 3 N–H and O–H groups in total. The fraction of sp³-hybridized carbons (Fsp3) is 0.0909. The number of carboxylic acids is 1. The van der Waals surface area contributed by atoms with E-state index >= 15 is 0 Å². The van der Waals surface area contributed by atoms with Gasteiger partial charge in [0.15, 0.2) is 0 Å². The normalized spacial score (nSPS) is 12.3. The average Bonchev–Trinajstić information content (AvgIpc) is 3.29. The van der Waals surface area contributed by atoms with Crippen LogP contribution in [0.3, 0.4) is 0 Å². The maximum absolute atomic E-state index is 13.5. The second kappa shape index (κ2) is 10.7. The number of carbonyl (C=O) groups is 2. The number of aliphatic carboxylic acids is 1. The van der Waals surface area contributed by atoms with Crippen LogP contribution in [-0.4, -0.2) is 40.2 Å². The van der Waals surface area contributed by atoms with Crippen molar-refractivity contribution in [2.75, 3.05) is 4.72 Å². The highest BCUT2D eigenvalue weighted by Gasteiger charge is 2.26. The summed E-state index contributed by atoms with van der Waals surface area (Å²) in [6.07, 6.45) is -0.121. The summed E-state index contributed by atoms with van der Waals surface area (Å²) in [6, 6.07) is 11.7. The molecule has 1 heterocycles. The molecular formula is C22H15BrFIN4O5S2. The Morgan fingerprint density at radius 1 is 1.14 bits per heavy atom. The number of carboxylic acid groups (broad SMARTS) is 1. The molecule has 186 valence electrons. The van der Waals surface area contributed by atoms with Gasteiger partial charge in [-0.15, -0.1) is 0 Å². The number of sulfonamides is 1. The van der Waals surface area contributed by atoms with Crippen LogP contribution in [0.5, 0.6) is 0 Å². The van der Waals surface area contributed by atoms with Gasteiger partial charge in [0.25, 0.3) is 15.9 Å². The van der Waals surface area contributed by atoms with Crippen molar-refractivity contribution in [2.45, 2.75) is 17.4 Å². The number of carbonyl (C=O) groups excluding carboxylic acids is 1. The predicted octanol–water partition coefficient (Wildman–Crippen LogP) is 4.42. The van der Waals surface area contributed by atoms with Crippen molar-refractivity contribution in [1.29, 1.82) is 0 Å². The first-order valence-electron chi connectivity index (χ1n) is 10.1. The zero-order chi connectivity index (χ0) is 26.0. The topological polar surface area (TPSA) is 138 Å². The third-order valence-corrected chi connectivity index (χ3v) is 8.25. The Labute approximate surface area is 230 Å². The molecule has 3 aromatic carbocycles. The van der Waals surface area contributed by atoms with E-state index in [-0.39, 0.29) is 32.6 Å². The van der Waals surface area contributed by atoms with Gasteiger partial charge in [0.05, 0.1) is 27.5 Å². The molecule has 9 nitrogen and oxygen atoms in total. The third-order valence-electron chi connectivity index (χ3n) is 5.04. The van der Waals surface area contributed by atoms with Crippen molar-refractivity contribution in [3.63, 3.8) is 0 Å². The molecule has 4 rings (SSSR count). The number of anilines is 1. The van der Waals surface area contributed by atoms with Crippen LogP contribution in [0, 0.1) is 9.39 Å². The minimum atomic E-state index is -4.17. The zero-order valence-corrected chi connectivity index (χ0v) is 23.3. The van der Waals surface area contributed by atoms with Crippen molar-refractivity contribution in [2.24, 2.45) is 0 Å². The lowest BCUT2D eigenvalue weighted by Gasteiger charge is -2.17. The molecule has 0 spiro atoms. The number of fused-ring (bicyclic) bond motifs is 1. The summed E-state index contributed by atoms with van der Waals surface area (Å²) in [7, 11) is -4.17. The van der Waals surface area contributed by atoms with Gasteiger partial charge in [0, 0.05) is 9.99 Å². The molecule has 0 saturated heterocycles. The molecule has 1 atom stereocenters. The highest BCUT2D eigenvalue weighted by Crippen LogP contribution is 2.27. The van der Waals surface area contributed by atoms with Crippen molar-refractivity contribution < 1.29 is 27.5 Å². The fourth-order valence-corrected chi connectivity index (χ4v) is 6.09. The first-order valence-corrected chi connectivity index (χ1v) is 14.1. The van der Waals surface area contributed by atoms with Gasteiger partial charge < -0.3 is 10.4 Å².